The quantitative estimate of drug-likeness (QED) is 0.557. The normalized spacial score (nSPS) is 21.3. The van der Waals surface area contributed by atoms with Gasteiger partial charge in [0.25, 0.3) is 0 Å². The molecule has 1 aliphatic rings. The van der Waals surface area contributed by atoms with Crippen LogP contribution >= 0.6 is 11.6 Å². The van der Waals surface area contributed by atoms with Gasteiger partial charge in [0.1, 0.15) is 0 Å². The topological polar surface area (TPSA) is 18.5 Å². The zero-order chi connectivity index (χ0) is 15.7. The summed E-state index contributed by atoms with van der Waals surface area (Å²) >= 11 is 6.34. The highest BCUT2D eigenvalue weighted by molar-refractivity contribution is 6.45. The highest BCUT2D eigenvalue weighted by Crippen LogP contribution is 2.41. The monoisotopic (exact) mass is 306 g/mol. The van der Waals surface area contributed by atoms with Crippen molar-refractivity contribution in [1.82, 2.24) is 0 Å². The second-order valence-electron chi connectivity index (χ2n) is 6.66. The minimum absolute atomic E-state index is 0.212. The molecule has 4 heteroatoms. The molecule has 0 spiro atoms. The van der Waals surface area contributed by atoms with Crippen molar-refractivity contribution < 1.29 is 9.31 Å². The van der Waals surface area contributed by atoms with Crippen LogP contribution in [0.5, 0.6) is 0 Å². The molecular formula is C17H24BClO2. The molecule has 1 aromatic carbocycles. The van der Waals surface area contributed by atoms with Crippen molar-refractivity contribution in [3.8, 4) is 0 Å². The maximum absolute atomic E-state index is 6.34. The van der Waals surface area contributed by atoms with Gasteiger partial charge in [-0.25, -0.2) is 0 Å². The van der Waals surface area contributed by atoms with Crippen molar-refractivity contribution in [1.29, 1.82) is 0 Å². The average Bonchev–Trinajstić information content (AvgIpc) is 2.57. The summed E-state index contributed by atoms with van der Waals surface area (Å²) < 4.78 is 12.2. The standard InChI is InChI=1S/C17H24BClO2/c1-6-9-13(14-10-7-8-11-15(14)19)12-18-20-16(2,3)17(4,5)21-18/h6-8,10-11,13H,1,9,12H2,2-5H3/t13-/m1/s1. The van der Waals surface area contributed by atoms with E-state index < -0.39 is 0 Å². The Labute approximate surface area is 133 Å². The molecule has 0 unspecified atom stereocenters. The Morgan fingerprint density at radius 2 is 1.76 bits per heavy atom. The number of rotatable bonds is 5. The number of hydrogen-bond donors (Lipinski definition) is 0. The second-order valence-corrected chi connectivity index (χ2v) is 7.07. The number of benzene rings is 1. The Kier molecular flexibility index (Phi) is 4.87. The van der Waals surface area contributed by atoms with Gasteiger partial charge in [0.2, 0.25) is 0 Å². The van der Waals surface area contributed by atoms with Crippen LogP contribution in [0, 0.1) is 0 Å². The van der Waals surface area contributed by atoms with E-state index in [1.54, 1.807) is 0 Å². The summed E-state index contributed by atoms with van der Waals surface area (Å²) in [7, 11) is -0.212. The third kappa shape index (κ3) is 3.53. The summed E-state index contributed by atoms with van der Waals surface area (Å²) in [6.07, 6.45) is 3.57. The van der Waals surface area contributed by atoms with Crippen LogP contribution < -0.4 is 0 Å². The predicted molar refractivity (Wildman–Crippen MR) is 89.9 cm³/mol. The van der Waals surface area contributed by atoms with Crippen LogP contribution in [-0.2, 0) is 9.31 Å². The van der Waals surface area contributed by atoms with Gasteiger partial charge in [-0.2, -0.15) is 0 Å². The average molecular weight is 307 g/mol. The third-order valence-corrected chi connectivity index (χ3v) is 4.92. The Morgan fingerprint density at radius 3 is 2.29 bits per heavy atom. The zero-order valence-electron chi connectivity index (χ0n) is 13.4. The van der Waals surface area contributed by atoms with Crippen LogP contribution in [0.2, 0.25) is 11.3 Å². The molecule has 0 bridgehead atoms. The van der Waals surface area contributed by atoms with Gasteiger partial charge in [-0.3, -0.25) is 0 Å². The Hall–Kier alpha value is -0.765. The van der Waals surface area contributed by atoms with Crippen molar-refractivity contribution >= 4 is 18.7 Å². The second kappa shape index (κ2) is 6.16. The smallest absolute Gasteiger partial charge is 0.403 e. The van der Waals surface area contributed by atoms with Crippen LogP contribution in [0.3, 0.4) is 0 Å². The minimum Gasteiger partial charge on any atom is -0.403 e. The highest BCUT2D eigenvalue weighted by atomic mass is 35.5. The van der Waals surface area contributed by atoms with E-state index in [0.29, 0.717) is 0 Å². The van der Waals surface area contributed by atoms with E-state index in [4.69, 9.17) is 20.9 Å². The summed E-state index contributed by atoms with van der Waals surface area (Å²) in [6.45, 7) is 12.2. The van der Waals surface area contributed by atoms with E-state index in [2.05, 4.69) is 40.3 Å². The van der Waals surface area contributed by atoms with Crippen molar-refractivity contribution in [2.45, 2.75) is 57.6 Å². The molecule has 1 aliphatic heterocycles. The van der Waals surface area contributed by atoms with Gasteiger partial charge in [0.05, 0.1) is 11.2 Å². The Balaban J connectivity index is 2.16. The maximum atomic E-state index is 6.34. The largest absolute Gasteiger partial charge is 0.458 e. The van der Waals surface area contributed by atoms with Gasteiger partial charge in [-0.05, 0) is 58.0 Å². The fourth-order valence-electron chi connectivity index (χ4n) is 2.65. The van der Waals surface area contributed by atoms with Gasteiger partial charge in [0, 0.05) is 5.02 Å². The van der Waals surface area contributed by atoms with Crippen LogP contribution in [0.25, 0.3) is 0 Å². The lowest BCUT2D eigenvalue weighted by Crippen LogP contribution is -2.41. The first kappa shape index (κ1) is 16.6. The van der Waals surface area contributed by atoms with Crippen molar-refractivity contribution in [2.75, 3.05) is 0 Å². The molecule has 2 rings (SSSR count). The number of halogens is 1. The summed E-state index contributed by atoms with van der Waals surface area (Å²) in [6, 6.07) is 7.96. The van der Waals surface area contributed by atoms with Gasteiger partial charge in [-0.1, -0.05) is 35.9 Å². The lowest BCUT2D eigenvalue weighted by atomic mass is 9.73. The van der Waals surface area contributed by atoms with Gasteiger partial charge in [-0.15, -0.1) is 6.58 Å². The molecule has 0 aromatic heterocycles. The fraction of sp³-hybridized carbons (Fsp3) is 0.529. The third-order valence-electron chi connectivity index (χ3n) is 4.58. The molecule has 1 fully saturated rings. The molecular weight excluding hydrogens is 282 g/mol. The Bertz CT molecular complexity index is 497. The predicted octanol–water partition coefficient (Wildman–Crippen LogP) is 5.09. The molecule has 0 radical (unpaired) electrons. The van der Waals surface area contributed by atoms with E-state index in [-0.39, 0.29) is 24.2 Å². The molecule has 1 saturated heterocycles. The SMILES string of the molecule is C=CC[C@H](CB1OC(C)(C)C(C)(C)O1)c1ccccc1Cl. The van der Waals surface area contributed by atoms with Crippen LogP contribution in [0.1, 0.15) is 45.6 Å². The number of allylic oxidation sites excluding steroid dienone is 1. The molecule has 1 aromatic rings. The molecule has 1 atom stereocenters. The molecule has 0 amide bonds. The number of hydrogen-bond acceptors (Lipinski definition) is 2. The van der Waals surface area contributed by atoms with Gasteiger partial charge in [0.15, 0.2) is 0 Å². The molecule has 0 N–H and O–H groups in total. The van der Waals surface area contributed by atoms with Gasteiger partial charge < -0.3 is 9.31 Å². The Morgan fingerprint density at radius 1 is 1.19 bits per heavy atom. The van der Waals surface area contributed by atoms with Crippen molar-refractivity contribution in [2.24, 2.45) is 0 Å². The lowest BCUT2D eigenvalue weighted by Gasteiger charge is -2.32. The highest BCUT2D eigenvalue weighted by Gasteiger charge is 2.51. The first-order valence-corrected chi connectivity index (χ1v) is 7.85. The first-order chi connectivity index (χ1) is 9.77. The molecule has 1 heterocycles. The summed E-state index contributed by atoms with van der Waals surface area (Å²) in [4.78, 5) is 0. The minimum atomic E-state index is -0.295. The van der Waals surface area contributed by atoms with E-state index >= 15 is 0 Å². The van der Waals surface area contributed by atoms with E-state index in [0.717, 1.165) is 23.3 Å². The first-order valence-electron chi connectivity index (χ1n) is 7.48. The van der Waals surface area contributed by atoms with Crippen LogP contribution in [-0.4, -0.2) is 18.3 Å². The van der Waals surface area contributed by atoms with Crippen LogP contribution in [0.15, 0.2) is 36.9 Å². The van der Waals surface area contributed by atoms with Crippen molar-refractivity contribution in [3.05, 3.63) is 47.5 Å². The summed E-state index contributed by atoms with van der Waals surface area (Å²) in [5.74, 6) is 0.255. The molecule has 0 aliphatic carbocycles. The molecule has 2 nitrogen and oxygen atoms in total. The van der Waals surface area contributed by atoms with Gasteiger partial charge >= 0.3 is 7.12 Å². The molecule has 114 valence electrons. The van der Waals surface area contributed by atoms with E-state index in [1.165, 1.54) is 0 Å². The summed E-state index contributed by atoms with van der Waals surface area (Å²) in [5, 5.41) is 0.792. The molecule has 21 heavy (non-hydrogen) atoms. The summed E-state index contributed by atoms with van der Waals surface area (Å²) in [5.41, 5.74) is 0.544. The van der Waals surface area contributed by atoms with E-state index in [9.17, 15) is 0 Å². The van der Waals surface area contributed by atoms with Crippen molar-refractivity contribution in [3.63, 3.8) is 0 Å². The zero-order valence-corrected chi connectivity index (χ0v) is 14.1. The van der Waals surface area contributed by atoms with Crippen LogP contribution in [0.4, 0.5) is 0 Å². The lowest BCUT2D eigenvalue weighted by molar-refractivity contribution is 0.00578. The molecule has 0 saturated carbocycles. The fourth-order valence-corrected chi connectivity index (χ4v) is 2.94. The van der Waals surface area contributed by atoms with E-state index in [1.807, 2.05) is 24.3 Å². The maximum Gasteiger partial charge on any atom is 0.458 e.